The van der Waals surface area contributed by atoms with Gasteiger partial charge >= 0.3 is 0 Å². The van der Waals surface area contributed by atoms with Crippen LogP contribution in [-0.4, -0.2) is 34.2 Å². The Hall–Kier alpha value is 0.130. The van der Waals surface area contributed by atoms with Crippen molar-refractivity contribution < 1.29 is 9.90 Å². The van der Waals surface area contributed by atoms with Crippen LogP contribution in [0.15, 0.2) is 0 Å². The molecule has 0 aromatic carbocycles. The first-order chi connectivity index (χ1) is 5.45. The zero-order chi connectivity index (χ0) is 9.78. The van der Waals surface area contributed by atoms with E-state index in [2.05, 4.69) is 25.4 Å². The van der Waals surface area contributed by atoms with Gasteiger partial charge in [0.25, 0.3) is 0 Å². The average Bonchev–Trinajstić information content (AvgIpc) is 2.03. The van der Waals surface area contributed by atoms with Crippen LogP contribution >= 0.6 is 25.4 Å². The summed E-state index contributed by atoms with van der Waals surface area (Å²) in [6.07, 6.45) is 0. The molecule has 0 heterocycles. The monoisotopic (exact) mass is 209 g/mol. The molecule has 0 saturated carbocycles. The number of aliphatic hydroxyl groups excluding tert-OH is 1. The van der Waals surface area contributed by atoms with Crippen LogP contribution in [-0.2, 0) is 4.79 Å². The largest absolute Gasteiger partial charge is 0.394 e. The minimum Gasteiger partial charge on any atom is -0.394 e. The topological polar surface area (TPSA) is 40.5 Å². The second-order valence-electron chi connectivity index (χ2n) is 3.19. The number of hydrogen-bond acceptors (Lipinski definition) is 4. The van der Waals surface area contributed by atoms with Crippen molar-refractivity contribution in [3.63, 3.8) is 0 Å². The van der Waals surface area contributed by atoms with Crippen molar-refractivity contribution in [2.75, 3.05) is 18.9 Å². The lowest BCUT2D eigenvalue weighted by Gasteiger charge is -2.26. The lowest BCUT2D eigenvalue weighted by molar-refractivity contribution is -0.133. The van der Waals surface area contributed by atoms with Crippen LogP contribution in [0.2, 0.25) is 0 Å². The van der Waals surface area contributed by atoms with Crippen LogP contribution in [0.3, 0.4) is 0 Å². The summed E-state index contributed by atoms with van der Waals surface area (Å²) in [6, 6.07) is 0. The van der Waals surface area contributed by atoms with E-state index in [-0.39, 0.29) is 19.1 Å². The van der Waals surface area contributed by atoms with Crippen LogP contribution in [0.5, 0.6) is 0 Å². The molecule has 0 unspecified atom stereocenters. The standard InChI is InChI=1S/C7H15NO2S2/c1-7(2,5-11)6(10)8(12)3-4-9/h9,11-12H,3-5H2,1-2H3. The summed E-state index contributed by atoms with van der Waals surface area (Å²) >= 11 is 8.00. The quantitative estimate of drug-likeness (QED) is 0.594. The number of carbonyl (C=O) groups is 1. The fraction of sp³-hybridized carbons (Fsp3) is 0.857. The molecule has 0 saturated heterocycles. The number of rotatable bonds is 4. The Bertz CT molecular complexity index is 161. The van der Waals surface area contributed by atoms with E-state index < -0.39 is 5.41 Å². The first-order valence-electron chi connectivity index (χ1n) is 3.68. The van der Waals surface area contributed by atoms with Crippen molar-refractivity contribution >= 4 is 31.4 Å². The van der Waals surface area contributed by atoms with Gasteiger partial charge in [-0.2, -0.15) is 12.6 Å². The van der Waals surface area contributed by atoms with Gasteiger partial charge in [-0.3, -0.25) is 9.10 Å². The lowest BCUT2D eigenvalue weighted by atomic mass is 9.95. The Morgan fingerprint density at radius 1 is 1.58 bits per heavy atom. The Balaban J connectivity index is 4.18. The van der Waals surface area contributed by atoms with E-state index in [0.717, 1.165) is 0 Å². The molecule has 0 fully saturated rings. The summed E-state index contributed by atoms with van der Waals surface area (Å²) in [5, 5.41) is 8.56. The van der Waals surface area contributed by atoms with E-state index in [1.807, 2.05) is 0 Å². The molecule has 0 radical (unpaired) electrons. The maximum absolute atomic E-state index is 11.5. The number of aliphatic hydroxyl groups is 1. The molecule has 0 aliphatic heterocycles. The van der Waals surface area contributed by atoms with E-state index in [4.69, 9.17) is 5.11 Å². The van der Waals surface area contributed by atoms with Crippen molar-refractivity contribution in [2.24, 2.45) is 5.41 Å². The molecule has 1 N–H and O–H groups in total. The Kier molecular flexibility index (Phi) is 5.04. The minimum atomic E-state index is -0.514. The summed E-state index contributed by atoms with van der Waals surface area (Å²) in [7, 11) is 0. The van der Waals surface area contributed by atoms with Crippen LogP contribution in [0.4, 0.5) is 0 Å². The third-order valence-corrected chi connectivity index (χ3v) is 2.69. The molecule has 1 amide bonds. The van der Waals surface area contributed by atoms with Gasteiger partial charge < -0.3 is 5.11 Å². The highest BCUT2D eigenvalue weighted by Gasteiger charge is 2.29. The smallest absolute Gasteiger partial charge is 0.238 e. The van der Waals surface area contributed by atoms with Gasteiger partial charge in [0.15, 0.2) is 0 Å². The summed E-state index contributed by atoms with van der Waals surface area (Å²) in [5.74, 6) is 0.351. The van der Waals surface area contributed by atoms with Crippen molar-refractivity contribution in [3.8, 4) is 0 Å². The van der Waals surface area contributed by atoms with E-state index in [1.54, 1.807) is 13.8 Å². The van der Waals surface area contributed by atoms with Crippen LogP contribution in [0, 0.1) is 5.41 Å². The second kappa shape index (κ2) is 4.99. The molecule has 72 valence electrons. The molecule has 0 spiro atoms. The van der Waals surface area contributed by atoms with E-state index >= 15 is 0 Å². The predicted octanol–water partition coefficient (Wildman–Crippen LogP) is 0.608. The third-order valence-electron chi connectivity index (χ3n) is 1.52. The summed E-state index contributed by atoms with van der Waals surface area (Å²) in [6.45, 7) is 3.77. The van der Waals surface area contributed by atoms with Gasteiger partial charge in [-0.1, -0.05) is 26.7 Å². The fourth-order valence-electron chi connectivity index (χ4n) is 0.613. The summed E-state index contributed by atoms with van der Waals surface area (Å²) in [5.41, 5.74) is -0.514. The molecule has 0 rings (SSSR count). The highest BCUT2D eigenvalue weighted by molar-refractivity contribution is 7.80. The zero-order valence-corrected chi connectivity index (χ0v) is 9.11. The van der Waals surface area contributed by atoms with Crippen molar-refractivity contribution in [1.29, 1.82) is 0 Å². The van der Waals surface area contributed by atoms with E-state index in [1.165, 1.54) is 4.31 Å². The average molecular weight is 209 g/mol. The van der Waals surface area contributed by atoms with Gasteiger partial charge in [-0.05, 0) is 0 Å². The highest BCUT2D eigenvalue weighted by Crippen LogP contribution is 2.20. The SMILES string of the molecule is CC(C)(CS)C(=O)N(S)CCO. The van der Waals surface area contributed by atoms with Gasteiger partial charge in [0, 0.05) is 5.75 Å². The molecule has 0 atom stereocenters. The Labute approximate surface area is 84.1 Å². The van der Waals surface area contributed by atoms with Gasteiger partial charge in [0.2, 0.25) is 5.91 Å². The molecule has 0 aromatic heterocycles. The zero-order valence-electron chi connectivity index (χ0n) is 7.32. The van der Waals surface area contributed by atoms with Crippen LogP contribution in [0.25, 0.3) is 0 Å². The number of hydrogen-bond donors (Lipinski definition) is 3. The fourth-order valence-corrected chi connectivity index (χ4v) is 1.11. The number of thiol groups is 2. The van der Waals surface area contributed by atoms with E-state index in [0.29, 0.717) is 5.75 Å². The van der Waals surface area contributed by atoms with Crippen LogP contribution < -0.4 is 0 Å². The van der Waals surface area contributed by atoms with Gasteiger partial charge in [-0.25, -0.2) is 0 Å². The number of amides is 1. The van der Waals surface area contributed by atoms with E-state index in [9.17, 15) is 4.79 Å². The van der Waals surface area contributed by atoms with Gasteiger partial charge in [0.05, 0.1) is 18.6 Å². The molecular weight excluding hydrogens is 194 g/mol. The first kappa shape index (κ1) is 12.1. The van der Waals surface area contributed by atoms with Crippen LogP contribution in [0.1, 0.15) is 13.8 Å². The minimum absolute atomic E-state index is 0.0715. The molecule has 5 heteroatoms. The molecule has 3 nitrogen and oxygen atoms in total. The highest BCUT2D eigenvalue weighted by atomic mass is 32.1. The predicted molar refractivity (Wildman–Crippen MR) is 55.4 cm³/mol. The number of carbonyl (C=O) groups excluding carboxylic acids is 1. The van der Waals surface area contributed by atoms with Gasteiger partial charge in [0.1, 0.15) is 0 Å². The molecule has 0 aliphatic carbocycles. The molecular formula is C7H15NO2S2. The molecule has 0 bridgehead atoms. The van der Waals surface area contributed by atoms with Crippen molar-refractivity contribution in [3.05, 3.63) is 0 Å². The number of nitrogens with zero attached hydrogens (tertiary/aromatic N) is 1. The molecule has 12 heavy (non-hydrogen) atoms. The molecule has 0 aliphatic rings. The van der Waals surface area contributed by atoms with Gasteiger partial charge in [-0.15, -0.1) is 0 Å². The summed E-state index contributed by atoms with van der Waals surface area (Å²) < 4.78 is 1.22. The normalized spacial score (nSPS) is 11.4. The van der Waals surface area contributed by atoms with Crippen molar-refractivity contribution in [2.45, 2.75) is 13.8 Å². The maximum Gasteiger partial charge on any atom is 0.238 e. The first-order valence-corrected chi connectivity index (χ1v) is 4.71. The lowest BCUT2D eigenvalue weighted by Crippen LogP contribution is -2.38. The maximum atomic E-state index is 11.5. The Morgan fingerprint density at radius 3 is 2.42 bits per heavy atom. The van der Waals surface area contributed by atoms with Crippen molar-refractivity contribution in [1.82, 2.24) is 4.31 Å². The Morgan fingerprint density at radius 2 is 2.08 bits per heavy atom. The molecule has 0 aromatic rings. The second-order valence-corrected chi connectivity index (χ2v) is 3.99. The third kappa shape index (κ3) is 3.25. The summed E-state index contributed by atoms with van der Waals surface area (Å²) in [4.78, 5) is 11.5.